The minimum absolute atomic E-state index is 0.105. The predicted octanol–water partition coefficient (Wildman–Crippen LogP) is 3.03. The second-order valence-corrected chi connectivity index (χ2v) is 8.90. The molecule has 0 spiro atoms. The fourth-order valence-electron chi connectivity index (χ4n) is 3.18. The predicted molar refractivity (Wildman–Crippen MR) is 115 cm³/mol. The number of sulfonamides is 1. The molecule has 0 radical (unpaired) electrons. The number of hydrogen-bond donors (Lipinski definition) is 1. The Morgan fingerprint density at radius 1 is 1.10 bits per heavy atom. The number of rotatable bonds is 9. The maximum Gasteiger partial charge on any atom is 0.254 e. The van der Waals surface area contributed by atoms with Crippen molar-refractivity contribution in [1.82, 2.24) is 19.2 Å². The molecule has 7 nitrogen and oxygen atoms in total. The van der Waals surface area contributed by atoms with Gasteiger partial charge in [-0.05, 0) is 29.3 Å². The second kappa shape index (κ2) is 9.84. The Balaban J connectivity index is 1.69. The summed E-state index contributed by atoms with van der Waals surface area (Å²) in [6, 6.07) is 10.9. The first-order valence-corrected chi connectivity index (χ1v) is 11.4. The van der Waals surface area contributed by atoms with Crippen LogP contribution in [0.5, 0.6) is 0 Å². The maximum atomic E-state index is 14.3. The zero-order chi connectivity index (χ0) is 22.4. The Labute approximate surface area is 181 Å². The summed E-state index contributed by atoms with van der Waals surface area (Å²) < 4.78 is 42.8. The average molecular weight is 445 g/mol. The van der Waals surface area contributed by atoms with Gasteiger partial charge in [0.2, 0.25) is 10.0 Å². The van der Waals surface area contributed by atoms with Crippen LogP contribution in [0.25, 0.3) is 0 Å². The van der Waals surface area contributed by atoms with Gasteiger partial charge in [-0.3, -0.25) is 4.79 Å². The molecule has 1 heterocycles. The van der Waals surface area contributed by atoms with Crippen molar-refractivity contribution in [1.29, 1.82) is 0 Å². The Kier molecular flexibility index (Phi) is 7.19. The van der Waals surface area contributed by atoms with Crippen molar-refractivity contribution in [2.24, 2.45) is 0 Å². The number of imidazole rings is 1. The standard InChI is InChI=1S/C22H25FN4O3S/c1-3-27(4-2)31(29,30)19-9-10-21(23)20(13-19)22(28)25-14-17-5-7-18(8-6-17)15-26-12-11-24-16-26/h5-13,16H,3-4,14-15H2,1-2H3,(H,25,28). The molecule has 0 aliphatic carbocycles. The molecular weight excluding hydrogens is 419 g/mol. The summed E-state index contributed by atoms with van der Waals surface area (Å²) >= 11 is 0. The molecule has 0 aliphatic heterocycles. The summed E-state index contributed by atoms with van der Waals surface area (Å²) in [5.74, 6) is -1.44. The van der Waals surface area contributed by atoms with E-state index in [2.05, 4.69) is 10.3 Å². The smallest absolute Gasteiger partial charge is 0.254 e. The molecule has 0 saturated carbocycles. The molecule has 0 fully saturated rings. The normalized spacial score (nSPS) is 11.6. The van der Waals surface area contributed by atoms with Gasteiger partial charge >= 0.3 is 0 Å². The van der Waals surface area contributed by atoms with Gasteiger partial charge in [0.05, 0.1) is 16.8 Å². The maximum absolute atomic E-state index is 14.3. The van der Waals surface area contributed by atoms with Crippen molar-refractivity contribution < 1.29 is 17.6 Å². The van der Waals surface area contributed by atoms with Gasteiger partial charge in [-0.25, -0.2) is 17.8 Å². The number of amides is 1. The van der Waals surface area contributed by atoms with Crippen molar-refractivity contribution in [2.75, 3.05) is 13.1 Å². The summed E-state index contributed by atoms with van der Waals surface area (Å²) in [5, 5.41) is 2.65. The highest BCUT2D eigenvalue weighted by molar-refractivity contribution is 7.89. The highest BCUT2D eigenvalue weighted by Crippen LogP contribution is 2.19. The van der Waals surface area contributed by atoms with Gasteiger partial charge in [-0.1, -0.05) is 38.1 Å². The third kappa shape index (κ3) is 5.36. The summed E-state index contributed by atoms with van der Waals surface area (Å²) in [4.78, 5) is 16.4. The molecule has 0 unspecified atom stereocenters. The van der Waals surface area contributed by atoms with Crippen LogP contribution in [-0.2, 0) is 23.1 Å². The third-order valence-corrected chi connectivity index (χ3v) is 6.97. The minimum atomic E-state index is -3.79. The van der Waals surface area contributed by atoms with Crippen LogP contribution >= 0.6 is 0 Å². The lowest BCUT2D eigenvalue weighted by atomic mass is 10.1. The molecule has 9 heteroatoms. The zero-order valence-electron chi connectivity index (χ0n) is 17.5. The SMILES string of the molecule is CCN(CC)S(=O)(=O)c1ccc(F)c(C(=O)NCc2ccc(Cn3ccnc3)cc2)c1. The van der Waals surface area contributed by atoms with Gasteiger partial charge in [0.25, 0.3) is 5.91 Å². The number of carbonyl (C=O) groups excluding carboxylic acids is 1. The molecule has 31 heavy (non-hydrogen) atoms. The van der Waals surface area contributed by atoms with Crippen molar-refractivity contribution in [2.45, 2.75) is 31.8 Å². The Hall–Kier alpha value is -3.04. The number of aromatic nitrogens is 2. The van der Waals surface area contributed by atoms with E-state index < -0.39 is 21.7 Å². The van der Waals surface area contributed by atoms with Crippen molar-refractivity contribution in [3.05, 3.63) is 83.7 Å². The summed E-state index contributed by atoms with van der Waals surface area (Å²) in [5.41, 5.74) is 1.62. The van der Waals surface area contributed by atoms with E-state index in [1.54, 1.807) is 26.4 Å². The Morgan fingerprint density at radius 2 is 1.77 bits per heavy atom. The molecule has 0 atom stereocenters. The molecule has 3 aromatic rings. The van der Waals surface area contributed by atoms with Gasteiger partial charge < -0.3 is 9.88 Å². The van der Waals surface area contributed by atoms with E-state index in [0.29, 0.717) is 6.54 Å². The Bertz CT molecular complexity index is 1130. The lowest BCUT2D eigenvalue weighted by Gasteiger charge is -2.19. The van der Waals surface area contributed by atoms with E-state index in [0.717, 1.165) is 23.3 Å². The topological polar surface area (TPSA) is 84.3 Å². The highest BCUT2D eigenvalue weighted by atomic mass is 32.2. The van der Waals surface area contributed by atoms with Crippen molar-refractivity contribution in [3.63, 3.8) is 0 Å². The van der Waals surface area contributed by atoms with E-state index in [-0.39, 0.29) is 30.1 Å². The lowest BCUT2D eigenvalue weighted by Crippen LogP contribution is -2.31. The van der Waals surface area contributed by atoms with Gasteiger partial charge in [-0.2, -0.15) is 4.31 Å². The summed E-state index contributed by atoms with van der Waals surface area (Å²) in [7, 11) is -3.79. The first-order chi connectivity index (χ1) is 14.8. The molecule has 1 aromatic heterocycles. The third-order valence-electron chi connectivity index (χ3n) is 4.93. The quantitative estimate of drug-likeness (QED) is 0.550. The van der Waals surface area contributed by atoms with Crippen LogP contribution in [0, 0.1) is 5.82 Å². The van der Waals surface area contributed by atoms with E-state index in [9.17, 15) is 17.6 Å². The number of nitrogens with one attached hydrogen (secondary N) is 1. The van der Waals surface area contributed by atoms with Gasteiger partial charge in [0.1, 0.15) is 5.82 Å². The van der Waals surface area contributed by atoms with E-state index in [1.165, 1.54) is 10.4 Å². The zero-order valence-corrected chi connectivity index (χ0v) is 18.3. The monoisotopic (exact) mass is 444 g/mol. The van der Waals surface area contributed by atoms with Gasteiger partial charge in [0, 0.05) is 38.6 Å². The van der Waals surface area contributed by atoms with E-state index >= 15 is 0 Å². The molecule has 2 aromatic carbocycles. The molecule has 1 N–H and O–H groups in total. The van der Waals surface area contributed by atoms with Crippen molar-refractivity contribution >= 4 is 15.9 Å². The molecule has 3 rings (SSSR count). The first-order valence-electron chi connectivity index (χ1n) is 9.96. The molecule has 0 bridgehead atoms. The fraction of sp³-hybridized carbons (Fsp3) is 0.273. The van der Waals surface area contributed by atoms with Crippen LogP contribution in [0.3, 0.4) is 0 Å². The molecule has 0 aliphatic rings. The molecule has 1 amide bonds. The van der Waals surface area contributed by atoms with E-state index in [1.807, 2.05) is 35.0 Å². The van der Waals surface area contributed by atoms with E-state index in [4.69, 9.17) is 0 Å². The molecule has 0 saturated heterocycles. The molecular formula is C22H25FN4O3S. The van der Waals surface area contributed by atoms with Crippen LogP contribution in [0.4, 0.5) is 4.39 Å². The average Bonchev–Trinajstić information content (AvgIpc) is 3.27. The van der Waals surface area contributed by atoms with Crippen LogP contribution in [0.15, 0.2) is 66.1 Å². The first kappa shape index (κ1) is 22.6. The highest BCUT2D eigenvalue weighted by Gasteiger charge is 2.24. The largest absolute Gasteiger partial charge is 0.348 e. The number of hydrogen-bond acceptors (Lipinski definition) is 4. The summed E-state index contributed by atoms with van der Waals surface area (Å²) in [6.45, 7) is 4.89. The van der Waals surface area contributed by atoms with Gasteiger partial charge in [-0.15, -0.1) is 0 Å². The summed E-state index contributed by atoms with van der Waals surface area (Å²) in [6.07, 6.45) is 5.32. The van der Waals surface area contributed by atoms with Crippen LogP contribution in [0.1, 0.15) is 35.3 Å². The Morgan fingerprint density at radius 3 is 2.39 bits per heavy atom. The minimum Gasteiger partial charge on any atom is -0.348 e. The van der Waals surface area contributed by atoms with Crippen LogP contribution in [-0.4, -0.2) is 41.3 Å². The second-order valence-electron chi connectivity index (χ2n) is 6.97. The van der Waals surface area contributed by atoms with Crippen LogP contribution in [0.2, 0.25) is 0 Å². The fourth-order valence-corrected chi connectivity index (χ4v) is 4.67. The molecule has 164 valence electrons. The number of halogens is 1. The lowest BCUT2D eigenvalue weighted by molar-refractivity contribution is 0.0946. The van der Waals surface area contributed by atoms with Gasteiger partial charge in [0.15, 0.2) is 0 Å². The number of carbonyl (C=O) groups is 1. The number of nitrogens with zero attached hydrogens (tertiary/aromatic N) is 3. The number of benzene rings is 2. The van der Waals surface area contributed by atoms with Crippen LogP contribution < -0.4 is 5.32 Å². The van der Waals surface area contributed by atoms with Crippen molar-refractivity contribution in [3.8, 4) is 0 Å².